The average molecular weight is 547 g/mol. The van der Waals surface area contributed by atoms with Gasteiger partial charge in [0.25, 0.3) is 5.91 Å². The third-order valence-corrected chi connectivity index (χ3v) is 7.76. The second-order valence-electron chi connectivity index (χ2n) is 11.0. The Labute approximate surface area is 227 Å². The highest BCUT2D eigenvalue weighted by Crippen LogP contribution is 2.40. The van der Waals surface area contributed by atoms with E-state index in [1.54, 1.807) is 29.2 Å². The molecule has 2 aromatic rings. The topological polar surface area (TPSA) is 90.5 Å². The first kappa shape index (κ1) is 28.8. The molecule has 2 fully saturated rings. The van der Waals surface area contributed by atoms with Crippen molar-refractivity contribution in [1.82, 2.24) is 25.1 Å². The minimum Gasteiger partial charge on any atom is -0.354 e. The van der Waals surface area contributed by atoms with Crippen molar-refractivity contribution in [3.05, 3.63) is 47.3 Å². The number of likely N-dealkylation sites (tertiary alicyclic amines) is 1. The Morgan fingerprint density at radius 3 is 2.33 bits per heavy atom. The van der Waals surface area contributed by atoms with Gasteiger partial charge in [-0.05, 0) is 96.3 Å². The highest BCUT2D eigenvalue weighted by Gasteiger charge is 2.40. The zero-order chi connectivity index (χ0) is 28.3. The standard InChI is InChI=1S/C28H37F3N6O2/c1-17(2)33-25(38)22-10-7-19(22)15-24-23(28(29,30)31)16-32-27(35-24)34-20-8-5-18(6-9-20)26(39)37(4)21-11-13-36(3)14-12-21/h5-6,8-9,16-17,19,21-22H,7,10-15H2,1-4H3,(H,33,38)(H,32,34,35)/t19-,22-/m0/s1. The molecule has 1 aliphatic carbocycles. The van der Waals surface area contributed by atoms with Crippen molar-refractivity contribution in [2.24, 2.45) is 11.8 Å². The van der Waals surface area contributed by atoms with Crippen molar-refractivity contribution in [1.29, 1.82) is 0 Å². The molecule has 2 heterocycles. The summed E-state index contributed by atoms with van der Waals surface area (Å²) in [6.07, 6.45) is -0.596. The van der Waals surface area contributed by atoms with Gasteiger partial charge in [-0.25, -0.2) is 9.97 Å². The van der Waals surface area contributed by atoms with Gasteiger partial charge < -0.3 is 20.4 Å². The van der Waals surface area contributed by atoms with Crippen LogP contribution in [0, 0.1) is 11.8 Å². The smallest absolute Gasteiger partial charge is 0.354 e. The molecule has 2 amide bonds. The van der Waals surface area contributed by atoms with E-state index in [0.29, 0.717) is 24.1 Å². The molecule has 1 aromatic heterocycles. The lowest BCUT2D eigenvalue weighted by Crippen LogP contribution is -2.44. The maximum Gasteiger partial charge on any atom is 0.419 e. The predicted molar refractivity (Wildman–Crippen MR) is 143 cm³/mol. The van der Waals surface area contributed by atoms with Gasteiger partial charge in [0.2, 0.25) is 11.9 Å². The summed E-state index contributed by atoms with van der Waals surface area (Å²) in [5.74, 6) is -0.695. The number of halogens is 3. The monoisotopic (exact) mass is 546 g/mol. The number of carbonyl (C=O) groups is 2. The van der Waals surface area contributed by atoms with Crippen LogP contribution in [0.4, 0.5) is 24.8 Å². The molecule has 212 valence electrons. The van der Waals surface area contributed by atoms with Crippen LogP contribution >= 0.6 is 0 Å². The Hall–Kier alpha value is -3.21. The molecule has 1 saturated carbocycles. The summed E-state index contributed by atoms with van der Waals surface area (Å²) < 4.78 is 41.2. The van der Waals surface area contributed by atoms with E-state index in [1.165, 1.54) is 0 Å². The van der Waals surface area contributed by atoms with E-state index in [-0.39, 0.29) is 53.8 Å². The molecule has 8 nitrogen and oxygen atoms in total. The number of aromatic nitrogens is 2. The van der Waals surface area contributed by atoms with Gasteiger partial charge in [0, 0.05) is 42.5 Å². The first-order valence-corrected chi connectivity index (χ1v) is 13.5. The lowest BCUT2D eigenvalue weighted by Gasteiger charge is -2.36. The molecule has 2 atom stereocenters. The van der Waals surface area contributed by atoms with Gasteiger partial charge in [-0.3, -0.25) is 9.59 Å². The van der Waals surface area contributed by atoms with Gasteiger partial charge in [-0.2, -0.15) is 13.2 Å². The van der Waals surface area contributed by atoms with Gasteiger partial charge in [-0.1, -0.05) is 0 Å². The van der Waals surface area contributed by atoms with Crippen LogP contribution in [-0.4, -0.2) is 70.9 Å². The summed E-state index contributed by atoms with van der Waals surface area (Å²) in [5.41, 5.74) is 0.0724. The average Bonchev–Trinajstić information content (AvgIpc) is 2.85. The Bertz CT molecular complexity index is 1160. The molecule has 0 radical (unpaired) electrons. The van der Waals surface area contributed by atoms with Gasteiger partial charge in [0.05, 0.1) is 11.3 Å². The molecule has 39 heavy (non-hydrogen) atoms. The van der Waals surface area contributed by atoms with E-state index in [2.05, 4.69) is 32.5 Å². The van der Waals surface area contributed by atoms with Crippen molar-refractivity contribution >= 4 is 23.5 Å². The van der Waals surface area contributed by atoms with Crippen LogP contribution in [0.25, 0.3) is 0 Å². The van der Waals surface area contributed by atoms with Crippen molar-refractivity contribution < 1.29 is 22.8 Å². The molecular formula is C28H37F3N6O2. The van der Waals surface area contributed by atoms with Crippen LogP contribution in [0.15, 0.2) is 30.5 Å². The van der Waals surface area contributed by atoms with Crippen LogP contribution < -0.4 is 10.6 Å². The molecular weight excluding hydrogens is 509 g/mol. The van der Waals surface area contributed by atoms with E-state index < -0.39 is 11.7 Å². The first-order valence-electron chi connectivity index (χ1n) is 13.5. The van der Waals surface area contributed by atoms with E-state index in [0.717, 1.165) is 32.1 Å². The third-order valence-electron chi connectivity index (χ3n) is 7.76. The maximum atomic E-state index is 13.7. The van der Waals surface area contributed by atoms with Crippen LogP contribution in [0.1, 0.15) is 61.1 Å². The summed E-state index contributed by atoms with van der Waals surface area (Å²) in [5, 5.41) is 5.81. The summed E-state index contributed by atoms with van der Waals surface area (Å²) in [7, 11) is 3.89. The fraction of sp³-hybridized carbons (Fsp3) is 0.571. The molecule has 1 aliphatic heterocycles. The lowest BCUT2D eigenvalue weighted by atomic mass is 9.70. The number of rotatable bonds is 8. The normalized spacial score (nSPS) is 20.4. The fourth-order valence-corrected chi connectivity index (χ4v) is 5.25. The first-order chi connectivity index (χ1) is 18.4. The largest absolute Gasteiger partial charge is 0.419 e. The SMILES string of the molecule is CC(C)NC(=O)[C@H]1CC[C@H]1Cc1nc(Nc2ccc(C(=O)N(C)C3CCN(C)CC3)cc2)ncc1C(F)(F)F. The number of hydrogen-bond donors (Lipinski definition) is 2. The Balaban J connectivity index is 1.45. The molecule has 1 aromatic carbocycles. The molecule has 2 aliphatic rings. The maximum absolute atomic E-state index is 13.7. The summed E-state index contributed by atoms with van der Waals surface area (Å²) >= 11 is 0. The summed E-state index contributed by atoms with van der Waals surface area (Å²) in [6, 6.07) is 6.91. The van der Waals surface area contributed by atoms with Crippen LogP contribution in [0.3, 0.4) is 0 Å². The zero-order valence-electron chi connectivity index (χ0n) is 22.9. The number of nitrogens with zero attached hydrogens (tertiary/aromatic N) is 4. The minimum absolute atomic E-state index is 0.0306. The van der Waals surface area contributed by atoms with Crippen molar-refractivity contribution in [3.63, 3.8) is 0 Å². The molecule has 4 rings (SSSR count). The van der Waals surface area contributed by atoms with Crippen LogP contribution in [-0.2, 0) is 17.4 Å². The fourth-order valence-electron chi connectivity index (χ4n) is 5.25. The number of benzene rings is 1. The van der Waals surface area contributed by atoms with Gasteiger partial charge in [0.1, 0.15) is 0 Å². The second-order valence-corrected chi connectivity index (χ2v) is 11.0. The third kappa shape index (κ3) is 7.06. The number of amides is 2. The number of alkyl halides is 3. The summed E-state index contributed by atoms with van der Waals surface area (Å²) in [6.45, 7) is 5.61. The lowest BCUT2D eigenvalue weighted by molar-refractivity contribution is -0.139. The molecule has 0 spiro atoms. The Kier molecular flexibility index (Phi) is 8.78. The minimum atomic E-state index is -4.60. The Morgan fingerprint density at radius 1 is 1.10 bits per heavy atom. The van der Waals surface area contributed by atoms with E-state index in [1.807, 2.05) is 20.9 Å². The van der Waals surface area contributed by atoms with E-state index in [4.69, 9.17) is 0 Å². The molecule has 0 unspecified atom stereocenters. The number of hydrogen-bond acceptors (Lipinski definition) is 6. The second kappa shape index (κ2) is 11.9. The summed E-state index contributed by atoms with van der Waals surface area (Å²) in [4.78, 5) is 37.6. The molecule has 1 saturated heterocycles. The molecule has 2 N–H and O–H groups in total. The van der Waals surface area contributed by atoms with Gasteiger partial charge in [-0.15, -0.1) is 0 Å². The predicted octanol–water partition coefficient (Wildman–Crippen LogP) is 4.50. The highest BCUT2D eigenvalue weighted by molar-refractivity contribution is 5.94. The number of piperidine rings is 1. The van der Waals surface area contributed by atoms with Crippen molar-refractivity contribution in [3.8, 4) is 0 Å². The number of anilines is 2. The molecule has 11 heteroatoms. The highest BCUT2D eigenvalue weighted by atomic mass is 19.4. The van der Waals surface area contributed by atoms with Crippen LogP contribution in [0.5, 0.6) is 0 Å². The van der Waals surface area contributed by atoms with E-state index in [9.17, 15) is 22.8 Å². The van der Waals surface area contributed by atoms with Crippen molar-refractivity contribution in [2.75, 3.05) is 32.5 Å². The van der Waals surface area contributed by atoms with Gasteiger partial charge >= 0.3 is 6.18 Å². The quantitative estimate of drug-likeness (QED) is 0.507. The molecule has 0 bridgehead atoms. The van der Waals surface area contributed by atoms with E-state index >= 15 is 0 Å². The zero-order valence-corrected chi connectivity index (χ0v) is 22.9. The van der Waals surface area contributed by atoms with Crippen LogP contribution in [0.2, 0.25) is 0 Å². The van der Waals surface area contributed by atoms with Crippen molar-refractivity contribution in [2.45, 2.75) is 64.2 Å². The van der Waals surface area contributed by atoms with Gasteiger partial charge in [0.15, 0.2) is 0 Å². The number of carbonyl (C=O) groups excluding carboxylic acids is 2. The number of nitrogens with one attached hydrogen (secondary N) is 2. The Morgan fingerprint density at radius 2 is 1.77 bits per heavy atom.